The Hall–Kier alpha value is -4.06. The van der Waals surface area contributed by atoms with Crippen LogP contribution >= 0.6 is 0 Å². The van der Waals surface area contributed by atoms with Gasteiger partial charge in [-0.2, -0.15) is 0 Å². The van der Waals surface area contributed by atoms with Crippen LogP contribution in [0.1, 0.15) is 15.9 Å². The van der Waals surface area contributed by atoms with Crippen LogP contribution in [-0.4, -0.2) is 20.1 Å². The topological polar surface area (TPSA) is 77.8 Å². The largest absolute Gasteiger partial charge is 0.497 e. The second-order valence-electron chi connectivity index (χ2n) is 6.97. The van der Waals surface area contributed by atoms with Crippen LogP contribution in [0.2, 0.25) is 0 Å². The number of fused-ring (bicyclic) bond motifs is 1. The molecule has 1 amide bonds. The molecule has 31 heavy (non-hydrogen) atoms. The lowest BCUT2D eigenvalue weighted by atomic mass is 10.0. The first-order chi connectivity index (χ1) is 15.0. The molecule has 3 aromatic carbocycles. The fraction of sp³-hybridized carbons (Fsp3) is 0.120. The van der Waals surface area contributed by atoms with Gasteiger partial charge in [0.15, 0.2) is 0 Å². The van der Waals surface area contributed by atoms with Gasteiger partial charge in [-0.3, -0.25) is 14.9 Å². The number of amides is 1. The molecule has 0 aliphatic rings. The van der Waals surface area contributed by atoms with Crippen molar-refractivity contribution in [3.8, 4) is 22.6 Å². The maximum absolute atomic E-state index is 13.4. The highest BCUT2D eigenvalue weighted by molar-refractivity contribution is 6.07. The van der Waals surface area contributed by atoms with E-state index in [2.05, 4.69) is 5.32 Å². The molecular formula is C25H21NO5. The molecule has 0 aliphatic carbocycles. The molecule has 6 heteroatoms. The Morgan fingerprint density at radius 2 is 1.65 bits per heavy atom. The van der Waals surface area contributed by atoms with E-state index in [1.165, 1.54) is 7.11 Å². The van der Waals surface area contributed by atoms with E-state index in [-0.39, 0.29) is 16.9 Å². The van der Waals surface area contributed by atoms with Gasteiger partial charge in [-0.25, -0.2) is 0 Å². The van der Waals surface area contributed by atoms with Crippen molar-refractivity contribution in [3.05, 3.63) is 88.1 Å². The second-order valence-corrected chi connectivity index (χ2v) is 6.97. The maximum Gasteiger partial charge on any atom is 0.261 e. The third kappa shape index (κ3) is 3.75. The van der Waals surface area contributed by atoms with Crippen LogP contribution in [0.4, 0.5) is 5.88 Å². The van der Waals surface area contributed by atoms with Crippen molar-refractivity contribution in [2.75, 3.05) is 19.5 Å². The van der Waals surface area contributed by atoms with Crippen molar-refractivity contribution in [2.24, 2.45) is 0 Å². The Morgan fingerprint density at radius 1 is 0.903 bits per heavy atom. The van der Waals surface area contributed by atoms with Gasteiger partial charge in [-0.1, -0.05) is 36.4 Å². The molecule has 0 saturated heterocycles. The van der Waals surface area contributed by atoms with E-state index in [9.17, 15) is 9.59 Å². The van der Waals surface area contributed by atoms with Crippen LogP contribution < -0.4 is 20.2 Å². The third-order valence-corrected chi connectivity index (χ3v) is 5.07. The lowest BCUT2D eigenvalue weighted by Gasteiger charge is -2.14. The maximum atomic E-state index is 13.4. The van der Waals surface area contributed by atoms with Gasteiger partial charge in [0.1, 0.15) is 17.1 Å². The van der Waals surface area contributed by atoms with E-state index < -0.39 is 5.91 Å². The van der Waals surface area contributed by atoms with Crippen LogP contribution in [0, 0.1) is 6.92 Å². The number of benzene rings is 3. The number of hydrogen-bond donors (Lipinski definition) is 1. The first kappa shape index (κ1) is 20.2. The molecule has 0 unspecified atom stereocenters. The molecule has 0 aliphatic heterocycles. The molecule has 6 nitrogen and oxygen atoms in total. The summed E-state index contributed by atoms with van der Waals surface area (Å²) in [6.07, 6.45) is 0. The number of anilines is 1. The van der Waals surface area contributed by atoms with Crippen molar-refractivity contribution in [2.45, 2.75) is 6.92 Å². The molecule has 0 atom stereocenters. The van der Waals surface area contributed by atoms with Crippen LogP contribution in [0.5, 0.6) is 11.5 Å². The summed E-state index contributed by atoms with van der Waals surface area (Å²) in [5.41, 5.74) is 2.20. The average Bonchev–Trinajstić information content (AvgIpc) is 2.80. The standard InChI is InChI=1S/C25H21NO5/c1-15-7-6-9-19-22(27)21(16-11-13-17(29-2)14-12-16)25(31-23(15)19)26-24(28)18-8-4-5-10-20(18)30-3/h4-14H,1-3H3,(H,26,28). The van der Waals surface area contributed by atoms with Crippen molar-refractivity contribution in [1.82, 2.24) is 0 Å². The lowest BCUT2D eigenvalue weighted by molar-refractivity contribution is 0.102. The van der Waals surface area contributed by atoms with Gasteiger partial charge in [-0.15, -0.1) is 0 Å². The number of para-hydroxylation sites is 2. The Morgan fingerprint density at radius 3 is 2.35 bits per heavy atom. The van der Waals surface area contributed by atoms with Crippen molar-refractivity contribution in [3.63, 3.8) is 0 Å². The second kappa shape index (κ2) is 8.36. The molecule has 0 bridgehead atoms. The fourth-order valence-electron chi connectivity index (χ4n) is 3.47. The van der Waals surface area contributed by atoms with Gasteiger partial charge in [0, 0.05) is 0 Å². The fourth-order valence-corrected chi connectivity index (χ4v) is 3.47. The highest BCUT2D eigenvalue weighted by Crippen LogP contribution is 2.32. The van der Waals surface area contributed by atoms with E-state index in [1.54, 1.807) is 67.8 Å². The molecule has 0 saturated carbocycles. The van der Waals surface area contributed by atoms with Crippen molar-refractivity contribution in [1.29, 1.82) is 0 Å². The number of ether oxygens (including phenoxy) is 2. The Bertz CT molecular complexity index is 1320. The summed E-state index contributed by atoms with van der Waals surface area (Å²) in [4.78, 5) is 26.5. The molecule has 0 fully saturated rings. The van der Waals surface area contributed by atoms with Crippen LogP contribution in [-0.2, 0) is 0 Å². The zero-order valence-electron chi connectivity index (χ0n) is 17.4. The summed E-state index contributed by atoms with van der Waals surface area (Å²) in [6, 6.07) is 19.2. The summed E-state index contributed by atoms with van der Waals surface area (Å²) in [6.45, 7) is 1.85. The minimum absolute atomic E-state index is 0.0767. The quantitative estimate of drug-likeness (QED) is 0.494. The predicted molar refractivity (Wildman–Crippen MR) is 120 cm³/mol. The summed E-state index contributed by atoms with van der Waals surface area (Å²) >= 11 is 0. The highest BCUT2D eigenvalue weighted by Gasteiger charge is 2.21. The molecule has 156 valence electrons. The molecule has 1 aromatic heterocycles. The molecule has 0 radical (unpaired) electrons. The van der Waals surface area contributed by atoms with Crippen LogP contribution in [0.15, 0.2) is 75.9 Å². The minimum atomic E-state index is -0.441. The van der Waals surface area contributed by atoms with E-state index in [0.717, 1.165) is 5.56 Å². The number of nitrogens with one attached hydrogen (secondary N) is 1. The van der Waals surface area contributed by atoms with E-state index >= 15 is 0 Å². The number of hydrogen-bond acceptors (Lipinski definition) is 5. The lowest BCUT2D eigenvalue weighted by Crippen LogP contribution is -2.17. The predicted octanol–water partition coefficient (Wildman–Crippen LogP) is 5.04. The number of carbonyl (C=O) groups is 1. The molecule has 4 rings (SSSR count). The van der Waals surface area contributed by atoms with Crippen LogP contribution in [0.25, 0.3) is 22.1 Å². The Labute approximate surface area is 179 Å². The number of carbonyl (C=O) groups excluding carboxylic acids is 1. The Kier molecular flexibility index (Phi) is 5.45. The van der Waals surface area contributed by atoms with E-state index in [1.807, 2.05) is 13.0 Å². The molecule has 1 N–H and O–H groups in total. The molecule has 0 spiro atoms. The van der Waals surface area contributed by atoms with Crippen molar-refractivity contribution >= 4 is 22.8 Å². The minimum Gasteiger partial charge on any atom is -0.497 e. The summed E-state index contributed by atoms with van der Waals surface area (Å²) in [5, 5.41) is 3.22. The van der Waals surface area contributed by atoms with Gasteiger partial charge in [-0.05, 0) is 48.4 Å². The summed E-state index contributed by atoms with van der Waals surface area (Å²) < 4.78 is 16.6. The van der Waals surface area contributed by atoms with Crippen LogP contribution in [0.3, 0.4) is 0 Å². The third-order valence-electron chi connectivity index (χ3n) is 5.07. The smallest absolute Gasteiger partial charge is 0.261 e. The van der Waals surface area contributed by atoms with Gasteiger partial charge < -0.3 is 13.9 Å². The van der Waals surface area contributed by atoms with E-state index in [4.69, 9.17) is 13.9 Å². The average molecular weight is 415 g/mol. The van der Waals surface area contributed by atoms with E-state index in [0.29, 0.717) is 33.6 Å². The monoisotopic (exact) mass is 415 g/mol. The zero-order valence-corrected chi connectivity index (χ0v) is 17.4. The van der Waals surface area contributed by atoms with Crippen molar-refractivity contribution < 1.29 is 18.7 Å². The number of rotatable bonds is 5. The highest BCUT2D eigenvalue weighted by atomic mass is 16.5. The normalized spacial score (nSPS) is 10.7. The molecular weight excluding hydrogens is 394 g/mol. The van der Waals surface area contributed by atoms with Gasteiger partial charge in [0.2, 0.25) is 11.3 Å². The number of methoxy groups -OCH3 is 2. The van der Waals surface area contributed by atoms with Gasteiger partial charge in [0.05, 0.1) is 30.7 Å². The first-order valence-electron chi connectivity index (χ1n) is 9.68. The molecule has 4 aromatic rings. The number of aryl methyl sites for hydroxylation is 1. The molecule has 1 heterocycles. The summed E-state index contributed by atoms with van der Waals surface area (Å²) in [7, 11) is 3.06. The first-order valence-corrected chi connectivity index (χ1v) is 9.68. The zero-order chi connectivity index (χ0) is 22.0. The SMILES string of the molecule is COc1ccc(-c2c(NC(=O)c3ccccc3OC)oc3c(C)cccc3c2=O)cc1. The Balaban J connectivity index is 1.91. The van der Waals surface area contributed by atoms with Gasteiger partial charge >= 0.3 is 0 Å². The van der Waals surface area contributed by atoms with Gasteiger partial charge in [0.25, 0.3) is 5.91 Å². The summed E-state index contributed by atoms with van der Waals surface area (Å²) in [5.74, 6) is 0.714.